The lowest BCUT2D eigenvalue weighted by Crippen LogP contribution is -2.65. The van der Waals surface area contributed by atoms with Gasteiger partial charge in [-0.15, -0.1) is 0 Å². The van der Waals surface area contributed by atoms with E-state index in [4.69, 9.17) is 18.9 Å². The molecule has 0 aromatic heterocycles. The van der Waals surface area contributed by atoms with Crippen molar-refractivity contribution in [2.45, 2.75) is 132 Å². The first-order valence-corrected chi connectivity index (χ1v) is 13.8. The van der Waals surface area contributed by atoms with Crippen LogP contribution >= 0.6 is 0 Å². The maximum atomic E-state index is 12.0. The minimum atomic E-state index is -1.77. The topological polar surface area (TPSA) is 228 Å². The number of aliphatic hydroxyl groups excluding tert-OH is 8. The largest absolute Gasteiger partial charge is 0.394 e. The zero-order chi connectivity index (χ0) is 29.1. The molecule has 1 amide bonds. The van der Waals surface area contributed by atoms with E-state index in [9.17, 15) is 45.6 Å². The summed E-state index contributed by atoms with van der Waals surface area (Å²) in [6, 6.07) is -0.813. The number of nitrogens with one attached hydrogen (secondary N) is 1. The van der Waals surface area contributed by atoms with Crippen LogP contribution in [0.1, 0.15) is 58.8 Å². The Balaban J connectivity index is 2.02. The zero-order valence-electron chi connectivity index (χ0n) is 22.6. The molecule has 14 heteroatoms. The first kappa shape index (κ1) is 34.2. The molecule has 0 aromatic rings. The van der Waals surface area contributed by atoms with E-state index in [0.717, 1.165) is 32.1 Å². The van der Waals surface area contributed by atoms with E-state index < -0.39 is 86.8 Å². The van der Waals surface area contributed by atoms with Gasteiger partial charge in [-0.2, -0.15) is 0 Å². The van der Waals surface area contributed by atoms with Gasteiger partial charge in [-0.3, -0.25) is 4.79 Å². The fourth-order valence-electron chi connectivity index (χ4n) is 4.61. The SMILES string of the molecule is CCCCCCCC(O)C(COC1OC(CO)C(OC2OC(CO)C(O)C(O)C2O)C(O)C1O)NC(=O)CC. The molecule has 12 unspecified atom stereocenters. The van der Waals surface area contributed by atoms with Gasteiger partial charge in [0.05, 0.1) is 32.0 Å². The van der Waals surface area contributed by atoms with Gasteiger partial charge in [-0.1, -0.05) is 46.0 Å². The maximum absolute atomic E-state index is 12.0. The highest BCUT2D eigenvalue weighted by molar-refractivity contribution is 5.75. The molecular formula is C25H47NO13. The average molecular weight is 570 g/mol. The maximum Gasteiger partial charge on any atom is 0.220 e. The van der Waals surface area contributed by atoms with Crippen LogP contribution in [0.4, 0.5) is 0 Å². The van der Waals surface area contributed by atoms with Crippen molar-refractivity contribution >= 4 is 5.91 Å². The van der Waals surface area contributed by atoms with Gasteiger partial charge in [0, 0.05) is 6.42 Å². The molecule has 2 heterocycles. The molecule has 12 atom stereocenters. The molecule has 0 aliphatic carbocycles. The van der Waals surface area contributed by atoms with Crippen molar-refractivity contribution in [2.24, 2.45) is 0 Å². The number of carbonyl (C=O) groups is 1. The summed E-state index contributed by atoms with van der Waals surface area (Å²) in [4.78, 5) is 12.0. The summed E-state index contributed by atoms with van der Waals surface area (Å²) >= 11 is 0. The predicted octanol–water partition coefficient (Wildman–Crippen LogP) is -2.76. The summed E-state index contributed by atoms with van der Waals surface area (Å²) in [5.74, 6) is -0.306. The molecule has 2 aliphatic heterocycles. The molecule has 230 valence electrons. The lowest BCUT2D eigenvalue weighted by atomic mass is 9.97. The number of unbranched alkanes of at least 4 members (excludes halogenated alkanes) is 4. The molecule has 0 spiro atoms. The first-order valence-electron chi connectivity index (χ1n) is 13.8. The van der Waals surface area contributed by atoms with Crippen LogP contribution in [0.25, 0.3) is 0 Å². The number of rotatable bonds is 16. The number of carbonyl (C=O) groups excluding carboxylic acids is 1. The van der Waals surface area contributed by atoms with E-state index in [-0.39, 0.29) is 18.9 Å². The highest BCUT2D eigenvalue weighted by atomic mass is 16.7. The van der Waals surface area contributed by atoms with E-state index in [1.165, 1.54) is 0 Å². The van der Waals surface area contributed by atoms with Gasteiger partial charge in [-0.05, 0) is 6.42 Å². The summed E-state index contributed by atoms with van der Waals surface area (Å²) < 4.78 is 22.0. The lowest BCUT2D eigenvalue weighted by molar-refractivity contribution is -0.359. The van der Waals surface area contributed by atoms with Gasteiger partial charge in [0.1, 0.15) is 48.8 Å². The average Bonchev–Trinajstić information content (AvgIpc) is 2.93. The Kier molecular flexibility index (Phi) is 15.0. The van der Waals surface area contributed by atoms with E-state index in [0.29, 0.717) is 6.42 Å². The second-order valence-electron chi connectivity index (χ2n) is 10.1. The molecule has 2 rings (SSSR count). The fraction of sp³-hybridized carbons (Fsp3) is 0.960. The summed E-state index contributed by atoms with van der Waals surface area (Å²) in [5, 5.41) is 84.2. The molecule has 0 bridgehead atoms. The van der Waals surface area contributed by atoms with Crippen LogP contribution in [-0.4, -0.2) is 140 Å². The first-order chi connectivity index (χ1) is 18.6. The van der Waals surface area contributed by atoms with Crippen LogP contribution < -0.4 is 5.32 Å². The third-order valence-corrected chi connectivity index (χ3v) is 7.14. The molecular weight excluding hydrogens is 522 g/mol. The van der Waals surface area contributed by atoms with Crippen LogP contribution in [0.5, 0.6) is 0 Å². The van der Waals surface area contributed by atoms with Gasteiger partial charge >= 0.3 is 0 Å². The standard InChI is InChI=1S/C25H47NO13/c1-3-5-6-7-8-9-14(29)13(26-17(30)4-2)12-36-24-22(35)20(33)23(16(11-28)38-24)39-25-21(34)19(32)18(31)15(10-27)37-25/h13-16,18-25,27-29,31-35H,3-12H2,1-2H3,(H,26,30). The lowest BCUT2D eigenvalue weighted by Gasteiger charge is -2.46. The number of hydrogen-bond donors (Lipinski definition) is 9. The van der Waals surface area contributed by atoms with Gasteiger partial charge in [-0.25, -0.2) is 0 Å². The second-order valence-corrected chi connectivity index (χ2v) is 10.1. The molecule has 0 aromatic carbocycles. The Hall–Kier alpha value is -1.01. The van der Waals surface area contributed by atoms with Crippen LogP contribution in [0.15, 0.2) is 0 Å². The van der Waals surface area contributed by atoms with Crippen molar-refractivity contribution < 1.29 is 64.6 Å². The Morgan fingerprint density at radius 3 is 2.05 bits per heavy atom. The van der Waals surface area contributed by atoms with Crippen LogP contribution in [0.2, 0.25) is 0 Å². The molecule has 39 heavy (non-hydrogen) atoms. The fourth-order valence-corrected chi connectivity index (χ4v) is 4.61. The van der Waals surface area contributed by atoms with Gasteiger partial charge in [0.2, 0.25) is 5.91 Å². The monoisotopic (exact) mass is 569 g/mol. The van der Waals surface area contributed by atoms with E-state index in [1.54, 1.807) is 6.92 Å². The number of amides is 1. The van der Waals surface area contributed by atoms with Gasteiger partial charge in [0.25, 0.3) is 0 Å². The Labute approximate surface area is 228 Å². The molecule has 0 saturated carbocycles. The zero-order valence-corrected chi connectivity index (χ0v) is 22.6. The number of ether oxygens (including phenoxy) is 4. The van der Waals surface area contributed by atoms with Crippen molar-refractivity contribution in [3.63, 3.8) is 0 Å². The summed E-state index contributed by atoms with van der Waals surface area (Å²) in [6.07, 6.45) is -11.1. The number of hydrogen-bond acceptors (Lipinski definition) is 13. The molecule has 2 fully saturated rings. The van der Waals surface area contributed by atoms with Crippen molar-refractivity contribution in [3.8, 4) is 0 Å². The van der Waals surface area contributed by atoms with Crippen LogP contribution in [-0.2, 0) is 23.7 Å². The smallest absolute Gasteiger partial charge is 0.220 e. The highest BCUT2D eigenvalue weighted by Crippen LogP contribution is 2.29. The Bertz CT molecular complexity index is 699. The normalized spacial score (nSPS) is 36.9. The Morgan fingerprint density at radius 2 is 1.44 bits per heavy atom. The van der Waals surface area contributed by atoms with Crippen molar-refractivity contribution in [1.82, 2.24) is 5.32 Å². The molecule has 14 nitrogen and oxygen atoms in total. The Morgan fingerprint density at radius 1 is 0.821 bits per heavy atom. The molecule has 0 radical (unpaired) electrons. The molecule has 2 saturated heterocycles. The third-order valence-electron chi connectivity index (χ3n) is 7.14. The van der Waals surface area contributed by atoms with E-state index >= 15 is 0 Å². The quantitative estimate of drug-likeness (QED) is 0.0860. The molecule has 2 aliphatic rings. The van der Waals surface area contributed by atoms with Gasteiger partial charge in [0.15, 0.2) is 12.6 Å². The van der Waals surface area contributed by atoms with E-state index in [1.807, 2.05) is 0 Å². The minimum Gasteiger partial charge on any atom is -0.394 e. The summed E-state index contributed by atoms with van der Waals surface area (Å²) in [5.41, 5.74) is 0. The van der Waals surface area contributed by atoms with Crippen molar-refractivity contribution in [2.75, 3.05) is 19.8 Å². The van der Waals surface area contributed by atoms with Crippen LogP contribution in [0, 0.1) is 0 Å². The highest BCUT2D eigenvalue weighted by Gasteiger charge is 2.50. The predicted molar refractivity (Wildman–Crippen MR) is 134 cm³/mol. The number of aliphatic hydroxyl groups is 8. The minimum absolute atomic E-state index is 0.185. The third kappa shape index (κ3) is 9.51. The summed E-state index contributed by atoms with van der Waals surface area (Å²) in [6.45, 7) is 2.11. The second kappa shape index (κ2) is 17.1. The molecule has 9 N–H and O–H groups in total. The van der Waals surface area contributed by atoms with Crippen molar-refractivity contribution in [3.05, 3.63) is 0 Å². The van der Waals surface area contributed by atoms with Crippen LogP contribution in [0.3, 0.4) is 0 Å². The van der Waals surface area contributed by atoms with E-state index in [2.05, 4.69) is 12.2 Å². The van der Waals surface area contributed by atoms with Crippen molar-refractivity contribution in [1.29, 1.82) is 0 Å². The summed E-state index contributed by atoms with van der Waals surface area (Å²) in [7, 11) is 0. The van der Waals surface area contributed by atoms with Gasteiger partial charge < -0.3 is 65.1 Å².